The van der Waals surface area contributed by atoms with Crippen LogP contribution in [0, 0.1) is 27.7 Å². The van der Waals surface area contributed by atoms with Crippen molar-refractivity contribution < 1.29 is 115 Å². The van der Waals surface area contributed by atoms with Crippen LogP contribution in [0.25, 0.3) is 22.6 Å². The second-order valence-corrected chi connectivity index (χ2v) is 28.5. The Bertz CT molecular complexity index is 8850. The molecule has 4 amide bonds. The van der Waals surface area contributed by atoms with E-state index in [1.807, 2.05) is 57.2 Å². The van der Waals surface area contributed by atoms with E-state index in [9.17, 15) is 58.8 Å². The maximum atomic E-state index is 13.4. The topological polar surface area (TPSA) is 399 Å². The lowest BCUT2D eigenvalue weighted by Crippen LogP contribution is -2.19. The number of carbonyl (C=O) groups excluding carboxylic acids is 4. The van der Waals surface area contributed by atoms with Crippen molar-refractivity contribution in [3.8, 4) is 0 Å². The molecule has 0 fully saturated rings. The van der Waals surface area contributed by atoms with Crippen LogP contribution in [0.1, 0.15) is 185 Å². The fraction of sp³-hybridized carbons (Fsp3) is 0.200. The number of aliphatic carboxylic acids is 4. The minimum absolute atomic E-state index is 0.0491. The Hall–Kier alpha value is -16.8. The third-order valence-corrected chi connectivity index (χ3v) is 18.8. The number of aromatic nitrogens is 12. The quantitative estimate of drug-likeness (QED) is 0.0226. The van der Waals surface area contributed by atoms with Gasteiger partial charge in [-0.1, -0.05) is 119 Å². The van der Waals surface area contributed by atoms with Gasteiger partial charge in [0.25, 0.3) is 23.6 Å². The summed E-state index contributed by atoms with van der Waals surface area (Å²) in [6.45, 7) is -16.4. The standard InChI is InChI=1S/4C25H25N5O3/c4*1-16-4-8-18(9-5-16)25(33)27-19-10-6-17(7-11-19)14-21-28-24(29(2)3)20(15-22(31)32)23-26-12-13-30(21)23/h4*4-13H,14-15H2,1-3H3,(H,27,33)(H,31,32)/i2D3,3D3,4D,5D,6D,7D,8D,9D,10D,11D,12D,13D,14D2,15D2;2D3,3D3,14D2,15D2;2D3,3D3;2D3/hD2. The first-order valence-corrected chi connectivity index (χ1v) is 38.8. The van der Waals surface area contributed by atoms with E-state index in [0.717, 1.165) is 49.5 Å². The van der Waals surface area contributed by atoms with Crippen molar-refractivity contribution in [3.05, 3.63) is 356 Å². The van der Waals surface area contributed by atoms with Gasteiger partial charge in [-0.2, -0.15) is 0 Å². The molecule has 0 aliphatic rings. The molecule has 0 spiro atoms. The smallest absolute Gasteiger partial charge is 0.308 e. The molecule has 8 heterocycles. The highest BCUT2D eigenvalue weighted by Crippen LogP contribution is 2.31. The van der Waals surface area contributed by atoms with Crippen LogP contribution >= 0.6 is 0 Å². The zero-order valence-electron chi connectivity index (χ0n) is 111. The Labute approximate surface area is 818 Å². The molecule has 0 atom stereocenters. The van der Waals surface area contributed by atoms with Crippen LogP contribution in [-0.4, -0.2) is 181 Å². The molecule has 32 heteroatoms. The van der Waals surface area contributed by atoms with E-state index < -0.39 is 257 Å². The summed E-state index contributed by atoms with van der Waals surface area (Å²) in [5, 5.41) is 44.3. The molecule has 8 aromatic carbocycles. The van der Waals surface area contributed by atoms with Gasteiger partial charge in [0.05, 0.1) is 39.3 Å². The molecule has 0 saturated heterocycles. The Morgan fingerprint density at radius 3 is 1.13 bits per heavy atom. The first kappa shape index (κ1) is 53.1. The van der Waals surface area contributed by atoms with Crippen molar-refractivity contribution in [1.82, 2.24) is 57.5 Å². The number of hydrogen-bond acceptors (Lipinski definition) is 20. The maximum Gasteiger partial charge on any atom is 0.308 e. The van der Waals surface area contributed by atoms with Gasteiger partial charge in [-0.3, -0.25) is 56.0 Å². The number of aryl methyl sites for hydroxylation is 3. The summed E-state index contributed by atoms with van der Waals surface area (Å²) in [6, 6.07) is 31.7. The molecule has 0 unspecified atom stereocenters. The number of nitrogens with one attached hydrogen (secondary N) is 4. The number of carbonyl (C=O) groups is 8. The number of hydrogen-bond donors (Lipinski definition) is 8. The number of amides is 4. The molecule has 16 rings (SSSR count). The number of fused-ring (bicyclic) bond motifs is 4. The number of benzene rings is 8. The Morgan fingerprint density at radius 1 is 0.356 bits per heavy atom. The number of imidazole rings is 4. The predicted molar refractivity (Wildman–Crippen MR) is 508 cm³/mol. The molecular weight excluding hydrogens is 1670 g/mol. The van der Waals surface area contributed by atoms with Gasteiger partial charge in [-0.05, 0) is 147 Å². The van der Waals surface area contributed by atoms with Crippen molar-refractivity contribution in [3.63, 3.8) is 0 Å². The van der Waals surface area contributed by atoms with Crippen LogP contribution in [0.2, 0.25) is 2.82 Å². The van der Waals surface area contributed by atoms with Gasteiger partial charge in [0.1, 0.15) is 69.2 Å². The first-order chi connectivity index (χ1) is 79.8. The van der Waals surface area contributed by atoms with Crippen molar-refractivity contribution in [2.75, 3.05) is 96.7 Å². The summed E-state index contributed by atoms with van der Waals surface area (Å²) in [7, 11) is 1.36. The van der Waals surface area contributed by atoms with E-state index in [-0.39, 0.29) is 88.5 Å². The third-order valence-electron chi connectivity index (χ3n) is 18.8. The number of rotatable bonds is 28. The van der Waals surface area contributed by atoms with E-state index in [1.165, 1.54) is 61.2 Å². The molecule has 672 valence electrons. The van der Waals surface area contributed by atoms with Crippen LogP contribution < -0.4 is 40.9 Å². The van der Waals surface area contributed by atoms with Crippen molar-refractivity contribution in [2.45, 2.75) is 78.9 Å². The van der Waals surface area contributed by atoms with E-state index in [0.29, 0.717) is 45.7 Å². The highest BCUT2D eigenvalue weighted by Gasteiger charge is 2.26. The SMILES string of the molecule is [2H]C([2H])([2H])N(C)c1nc(Cc2ccc(NC(=O)c3ccc(C)cc3)cc2)n2ccnc2c1CC(=O)O.[2H]C([2H])([2H])N(c1nc(Cc2ccc(NC(=O)c3ccc(C)cc3)cc2)n2ccnc2c1CC(=O)O)C([2H])([2H])[2H].[2H]N(C(=O)c1ccc(C)cc1)c1ccc(C([2H])([2H])c2nc(N(C([2H])([2H])[2H])C([2H])([2H])[2H])c(C([2H])([2H])C(=O)O)c3nccn23)cc1.[2H]c1nc2c(C([2H])([2H])C(=O)O)c(N(C([2H])([2H])[2H])C([2H])([2H])[2H])nc(C([2H])([2H])c3c([2H])c([2H])c(N([2H])C(=O)c4c([2H])c([2H])c(C)c([2H])c4[2H])c([2H])c3[2H])n2c1[2H]. The zero-order valence-corrected chi connectivity index (χ0v) is 69.8. The van der Waals surface area contributed by atoms with Crippen molar-refractivity contribution in [1.29, 1.82) is 0 Å². The average Bonchev–Trinajstić information content (AvgIpc) is 1.59. The fourth-order valence-corrected chi connectivity index (χ4v) is 12.6. The van der Waals surface area contributed by atoms with Gasteiger partial charge in [0.2, 0.25) is 0 Å². The minimum Gasteiger partial charge on any atom is -0.481 e. The van der Waals surface area contributed by atoms with Crippen LogP contribution in [0.15, 0.2) is 243 Å². The van der Waals surface area contributed by atoms with Gasteiger partial charge in [0.15, 0.2) is 2.82 Å². The van der Waals surface area contributed by atoms with E-state index in [1.54, 1.807) is 95.5 Å². The summed E-state index contributed by atoms with van der Waals surface area (Å²) >= 11 is 0. The van der Waals surface area contributed by atoms with Gasteiger partial charge >= 0.3 is 23.9 Å². The molecule has 0 aliphatic carbocycles. The zero-order chi connectivity index (χ0) is 129. The van der Waals surface area contributed by atoms with Crippen LogP contribution in [-0.2, 0) is 70.4 Å². The average molecular weight is 1820 g/mol. The van der Waals surface area contributed by atoms with Gasteiger partial charge in [-0.15, -0.1) is 0 Å². The molecule has 132 heavy (non-hydrogen) atoms. The molecule has 0 aliphatic heterocycles. The van der Waals surface area contributed by atoms with E-state index >= 15 is 0 Å². The fourth-order valence-electron chi connectivity index (χ4n) is 12.6. The number of nitrogens with zero attached hydrogens (tertiary/aromatic N) is 16. The molecule has 0 saturated carbocycles. The lowest BCUT2D eigenvalue weighted by molar-refractivity contribution is -0.137. The highest BCUT2D eigenvalue weighted by molar-refractivity contribution is 6.06. The number of anilines is 8. The Balaban J connectivity index is 0.000000190. The first-order valence-electron chi connectivity index (χ1n) is 59.2. The summed E-state index contributed by atoms with van der Waals surface area (Å²) in [5.41, 5.74) is -0.239. The van der Waals surface area contributed by atoms with Gasteiger partial charge < -0.3 is 61.3 Å². The summed E-state index contributed by atoms with van der Waals surface area (Å²) < 4.78 is 337. The minimum atomic E-state index is -3.81. The molecule has 8 aromatic heterocycles. The van der Waals surface area contributed by atoms with Crippen molar-refractivity contribution in [2.24, 2.45) is 0 Å². The monoisotopic (exact) mass is 1810 g/mol. The van der Waals surface area contributed by atoms with Crippen LogP contribution in [0.3, 0.4) is 0 Å². The second kappa shape index (κ2) is 41.8. The summed E-state index contributed by atoms with van der Waals surface area (Å²) in [4.78, 5) is 131. The van der Waals surface area contributed by atoms with Gasteiger partial charge in [-0.25, -0.2) is 39.9 Å². The number of carboxylic acid groups (broad SMARTS) is 4. The van der Waals surface area contributed by atoms with Gasteiger partial charge in [0, 0.05) is 238 Å². The molecule has 16 aromatic rings. The molecule has 0 bridgehead atoms. The molecule has 8 N–H and O–H groups in total. The van der Waals surface area contributed by atoms with E-state index in [4.69, 9.17) is 56.3 Å². The van der Waals surface area contributed by atoms with Crippen molar-refractivity contribution >= 4 is 116 Å². The molecule has 0 radical (unpaired) electrons. The Kier molecular flexibility index (Phi) is 16.8. The lowest BCUT2D eigenvalue weighted by Gasteiger charge is -2.18. The summed E-state index contributed by atoms with van der Waals surface area (Å²) in [5.74, 6) is -14.1. The number of carboxylic acids is 4. The van der Waals surface area contributed by atoms with Crippen LogP contribution in [0.5, 0.6) is 0 Å². The Morgan fingerprint density at radius 2 is 0.705 bits per heavy atom. The lowest BCUT2D eigenvalue weighted by atomic mass is 10.1. The molecule has 32 nitrogen and oxygen atoms in total. The third kappa shape index (κ3) is 23.3. The maximum absolute atomic E-state index is 13.4. The normalized spacial score (nSPS) is 16.5. The van der Waals surface area contributed by atoms with E-state index in [2.05, 4.69) is 50.5 Å². The molecular formula is C100H100N20O12. The van der Waals surface area contributed by atoms with Crippen LogP contribution in [0.4, 0.5) is 46.0 Å². The summed E-state index contributed by atoms with van der Waals surface area (Å²) in [6.07, 6.45) is -8.11. The highest BCUT2D eigenvalue weighted by atomic mass is 16.4. The predicted octanol–water partition coefficient (Wildman–Crippen LogP) is 14.3. The largest absolute Gasteiger partial charge is 0.481 e. The second-order valence-electron chi connectivity index (χ2n) is 28.5.